The molecule has 2 aromatic rings. The number of thiazole rings is 1. The van der Waals surface area contributed by atoms with Crippen LogP contribution in [0.2, 0.25) is 0 Å². The van der Waals surface area contributed by atoms with Crippen molar-refractivity contribution < 1.29 is 62.3 Å². The number of nitrogens with two attached hydrogens (primary N) is 1. The van der Waals surface area contributed by atoms with Gasteiger partial charge in [0, 0.05) is 48.0 Å². The fourth-order valence-corrected chi connectivity index (χ4v) is 9.63. The molecule has 2 aliphatic heterocycles. The maximum Gasteiger partial charge on any atom is 0.351 e. The molecule has 0 radical (unpaired) electrons. The summed E-state index contributed by atoms with van der Waals surface area (Å²) in [6.45, 7) is 16.1. The predicted octanol–water partition coefficient (Wildman–Crippen LogP) is 5.65. The number of pyridine rings is 1. The van der Waals surface area contributed by atoms with Crippen LogP contribution in [0, 0.1) is 17.8 Å². The van der Waals surface area contributed by atoms with Gasteiger partial charge in [0.2, 0.25) is 5.91 Å². The van der Waals surface area contributed by atoms with Crippen molar-refractivity contribution in [2.45, 2.75) is 175 Å². The molecular formula is C47H71FN6O12S. The lowest BCUT2D eigenvalue weighted by Crippen LogP contribution is -2.61. The molecule has 4 rings (SSSR count). The number of amides is 1. The summed E-state index contributed by atoms with van der Waals surface area (Å²) in [6, 6.07) is 3.20. The highest BCUT2D eigenvalue weighted by Crippen LogP contribution is 2.39. The smallest absolute Gasteiger partial charge is 0.351 e. The van der Waals surface area contributed by atoms with E-state index < -0.39 is 101 Å². The fraction of sp³-hybridized carbons (Fsp3) is 0.702. The molecule has 0 unspecified atom stereocenters. The van der Waals surface area contributed by atoms with Gasteiger partial charge in [-0.15, -0.1) is 11.3 Å². The number of esters is 2. The van der Waals surface area contributed by atoms with Crippen LogP contribution in [0.25, 0.3) is 10.6 Å². The van der Waals surface area contributed by atoms with Crippen molar-refractivity contribution in [3.8, 4) is 10.6 Å². The predicted molar refractivity (Wildman–Crippen MR) is 250 cm³/mol. The number of aliphatic imine (C=N–C) groups is 1. The Bertz CT molecular complexity index is 2080. The average molecular weight is 963 g/mol. The van der Waals surface area contributed by atoms with Crippen molar-refractivity contribution in [3.63, 3.8) is 0 Å². The number of carbonyl (C=O) groups excluding carboxylic acids is 4. The van der Waals surface area contributed by atoms with Crippen molar-refractivity contribution in [1.29, 1.82) is 0 Å². The number of cyclic esters (lactones) is 1. The highest BCUT2D eigenvalue weighted by atomic mass is 32.1. The van der Waals surface area contributed by atoms with Gasteiger partial charge in [-0.05, 0) is 85.5 Å². The Kier molecular flexibility index (Phi) is 19.3. The minimum absolute atomic E-state index is 0.0131. The van der Waals surface area contributed by atoms with Crippen LogP contribution in [0.15, 0.2) is 33.9 Å². The van der Waals surface area contributed by atoms with Gasteiger partial charge >= 0.3 is 11.9 Å². The van der Waals surface area contributed by atoms with E-state index in [0.717, 1.165) is 17.5 Å². The molecule has 2 fully saturated rings. The average Bonchev–Trinajstić information content (AvgIpc) is 3.70. The first-order chi connectivity index (χ1) is 31.3. The van der Waals surface area contributed by atoms with Gasteiger partial charge in [0.1, 0.15) is 22.5 Å². The number of hydrogen-bond acceptors (Lipinski definition) is 18. The molecule has 1 amide bonds. The van der Waals surface area contributed by atoms with Crippen molar-refractivity contribution >= 4 is 52.2 Å². The number of likely N-dealkylation sites (N-methyl/N-ethyl adjacent to an activating group) is 1. The molecule has 0 spiro atoms. The van der Waals surface area contributed by atoms with Gasteiger partial charge in [-0.1, -0.05) is 46.7 Å². The molecule has 20 heteroatoms. The molecule has 13 atom stereocenters. The fourth-order valence-electron chi connectivity index (χ4n) is 8.93. The van der Waals surface area contributed by atoms with Gasteiger partial charge in [-0.2, -0.15) is 0 Å². The zero-order valence-electron chi connectivity index (χ0n) is 41.1. The lowest BCUT2D eigenvalue weighted by atomic mass is 9.73. The highest BCUT2D eigenvalue weighted by Gasteiger charge is 2.56. The van der Waals surface area contributed by atoms with Crippen molar-refractivity contribution in [1.82, 2.24) is 14.9 Å². The Morgan fingerprint density at radius 3 is 2.28 bits per heavy atom. The maximum atomic E-state index is 17.0. The van der Waals surface area contributed by atoms with E-state index in [0.29, 0.717) is 30.1 Å². The van der Waals surface area contributed by atoms with E-state index in [1.807, 2.05) is 17.9 Å². The second-order valence-electron chi connectivity index (χ2n) is 18.6. The van der Waals surface area contributed by atoms with E-state index in [1.165, 1.54) is 39.0 Å². The number of anilines is 1. The van der Waals surface area contributed by atoms with E-state index in [2.05, 4.69) is 20.1 Å². The SMILES string of the molecule is CCC(=O)/N=C1\[C@H](C)C[C@@](C)(O)[C@H](O[C@@H]2O[C@H](C)C[C@H](N(C)C)[C@H]2OC(C)=O)[C@@H](C)C(=O)[C@](C)(F)C(=O)O[C@H](CC)[C@@](C)(O)[C@H](OC/C(CC)=N\OCc2ccc(-c3nc(N)cs3)cn2)[C@H]1C. The number of hydrogen-bond donors (Lipinski definition) is 3. The third-order valence-electron chi connectivity index (χ3n) is 12.5. The molecule has 2 saturated heterocycles. The number of ketones is 1. The summed E-state index contributed by atoms with van der Waals surface area (Å²) in [5, 5.41) is 31.9. The van der Waals surface area contributed by atoms with Gasteiger partial charge < -0.3 is 49.4 Å². The van der Waals surface area contributed by atoms with Crippen LogP contribution < -0.4 is 5.73 Å². The molecule has 0 aromatic carbocycles. The Morgan fingerprint density at radius 1 is 1.04 bits per heavy atom. The maximum absolute atomic E-state index is 17.0. The zero-order valence-corrected chi connectivity index (χ0v) is 41.9. The molecule has 67 heavy (non-hydrogen) atoms. The number of aromatic nitrogens is 2. The van der Waals surface area contributed by atoms with Gasteiger partial charge in [-0.25, -0.2) is 19.2 Å². The summed E-state index contributed by atoms with van der Waals surface area (Å²) in [7, 11) is 3.59. The molecule has 2 aliphatic rings. The Hall–Kier alpha value is -4.31. The molecule has 4 heterocycles. The van der Waals surface area contributed by atoms with Crippen LogP contribution in [-0.4, -0.2) is 141 Å². The highest BCUT2D eigenvalue weighted by molar-refractivity contribution is 7.13. The number of alkyl halides is 1. The molecule has 18 nitrogen and oxygen atoms in total. The standard InChI is InChI=1S/C47H71FN6O12S/c1-14-31(53-62-23-32-18-17-30(21-50-32)42-51-35(49)24-67-42)22-61-41-27(6)37(52-36(56)16-3)25(4)20-45(9,59)40(66-43-38(64-29(8)55)33(54(12)13)19-26(5)63-43)28(7)39(57)46(10,48)44(58)65-34(15-2)47(41,11)60/h17-18,21,24-28,33-34,38,40-41,43,59-60H,14-16,19-20,22-23,49H2,1-13H3/b52-37+,53-31-/t25-,26-,27+,28+,33+,34-,38-,40-,41-,43+,45-,46+,47-/m1/s1. The molecule has 0 saturated carbocycles. The number of oxime groups is 1. The van der Waals surface area contributed by atoms with E-state index >= 15 is 4.39 Å². The van der Waals surface area contributed by atoms with Gasteiger partial charge in [0.25, 0.3) is 5.67 Å². The number of aliphatic hydroxyl groups is 2. The first-order valence-corrected chi connectivity index (χ1v) is 23.8. The number of carbonyl (C=O) groups is 4. The number of Topliss-reactive ketones (excluding diaryl/α,β-unsaturated/α-hetero) is 1. The van der Waals surface area contributed by atoms with Crippen LogP contribution in [0.5, 0.6) is 0 Å². The molecule has 0 aliphatic carbocycles. The molecule has 374 valence electrons. The third-order valence-corrected chi connectivity index (χ3v) is 13.5. The summed E-state index contributed by atoms with van der Waals surface area (Å²) < 4.78 is 47.7. The second kappa shape index (κ2) is 23.3. The van der Waals surface area contributed by atoms with Crippen molar-refractivity contribution in [2.24, 2.45) is 27.9 Å². The van der Waals surface area contributed by atoms with Gasteiger partial charge in [0.15, 0.2) is 24.8 Å². The lowest BCUT2D eigenvalue weighted by molar-refractivity contribution is -0.295. The van der Waals surface area contributed by atoms with Gasteiger partial charge in [0.05, 0.1) is 48.0 Å². The summed E-state index contributed by atoms with van der Waals surface area (Å²) in [5.74, 6) is -6.86. The van der Waals surface area contributed by atoms with E-state index in [4.69, 9.17) is 34.3 Å². The molecular weight excluding hydrogens is 892 g/mol. The molecule has 2 aromatic heterocycles. The van der Waals surface area contributed by atoms with Crippen LogP contribution >= 0.6 is 11.3 Å². The normalized spacial score (nSPS) is 34.4. The Labute approximate surface area is 397 Å². The number of nitrogens with zero attached hydrogens (tertiary/aromatic N) is 5. The summed E-state index contributed by atoms with van der Waals surface area (Å²) in [5.41, 5.74) is 0.298. The minimum atomic E-state index is -3.32. The summed E-state index contributed by atoms with van der Waals surface area (Å²) >= 11 is 1.40. The largest absolute Gasteiger partial charge is 0.457 e. The van der Waals surface area contributed by atoms with Crippen molar-refractivity contribution in [3.05, 3.63) is 29.4 Å². The Balaban J connectivity index is 1.76. The minimum Gasteiger partial charge on any atom is -0.457 e. The number of halogens is 1. The third kappa shape index (κ3) is 13.7. The van der Waals surface area contributed by atoms with E-state index in [-0.39, 0.29) is 38.2 Å². The monoisotopic (exact) mass is 962 g/mol. The molecule has 0 bridgehead atoms. The number of rotatable bonds is 14. The van der Waals surface area contributed by atoms with E-state index in [9.17, 15) is 29.4 Å². The second-order valence-corrected chi connectivity index (χ2v) is 19.4. The quantitative estimate of drug-likeness (QED) is 0.0897. The first-order valence-electron chi connectivity index (χ1n) is 22.9. The summed E-state index contributed by atoms with van der Waals surface area (Å²) in [6.07, 6.45) is -5.05. The van der Waals surface area contributed by atoms with Crippen molar-refractivity contribution in [2.75, 3.05) is 26.4 Å². The van der Waals surface area contributed by atoms with Crippen LogP contribution in [0.3, 0.4) is 0 Å². The number of nitrogen functional groups attached to an aromatic ring is 1. The number of ether oxygens (including phenoxy) is 5. The first kappa shape index (κ1) is 55.3. The van der Waals surface area contributed by atoms with E-state index in [1.54, 1.807) is 66.4 Å². The van der Waals surface area contributed by atoms with Crippen LogP contribution in [0.4, 0.5) is 10.2 Å². The van der Waals surface area contributed by atoms with Gasteiger partial charge in [-0.3, -0.25) is 19.4 Å². The summed E-state index contributed by atoms with van der Waals surface area (Å²) in [4.78, 5) is 74.8. The van der Waals surface area contributed by atoms with Crippen LogP contribution in [-0.2, 0) is 54.3 Å². The topological polar surface area (TPSA) is 244 Å². The molecule has 4 N–H and O–H groups in total. The van der Waals surface area contributed by atoms with Crippen LogP contribution in [0.1, 0.15) is 114 Å². The Morgan fingerprint density at radius 2 is 1.73 bits per heavy atom. The lowest BCUT2D eigenvalue weighted by Gasteiger charge is -2.47. The zero-order chi connectivity index (χ0) is 50.2.